The molecule has 7 nitrogen and oxygen atoms in total. The van der Waals surface area contributed by atoms with E-state index in [1.54, 1.807) is 0 Å². The minimum atomic E-state index is 0.429. The molecule has 4 heterocycles. The lowest BCUT2D eigenvalue weighted by Crippen LogP contribution is -2.49. The van der Waals surface area contributed by atoms with E-state index in [0.717, 1.165) is 69.5 Å². The largest absolute Gasteiger partial charge is 0.377 e. The fourth-order valence-corrected chi connectivity index (χ4v) is 3.99. The second-order valence-corrected chi connectivity index (χ2v) is 7.53. The van der Waals surface area contributed by atoms with E-state index >= 15 is 0 Å². The molecule has 2 fully saturated rings. The van der Waals surface area contributed by atoms with Crippen LogP contribution in [-0.2, 0) is 11.3 Å². The predicted octanol–water partition coefficient (Wildman–Crippen LogP) is 2.36. The second kappa shape index (κ2) is 8.35. The van der Waals surface area contributed by atoms with Gasteiger partial charge in [0.15, 0.2) is 0 Å². The molecule has 0 N–H and O–H groups in total. The van der Waals surface area contributed by atoms with Crippen molar-refractivity contribution in [3.63, 3.8) is 0 Å². The number of nitrogens with zero attached hydrogens (tertiary/aromatic N) is 6. The highest BCUT2D eigenvalue weighted by Gasteiger charge is 2.24. The van der Waals surface area contributed by atoms with Gasteiger partial charge in [0.05, 0.1) is 18.0 Å². The van der Waals surface area contributed by atoms with E-state index in [1.165, 1.54) is 18.5 Å². The van der Waals surface area contributed by atoms with Crippen LogP contribution in [0.1, 0.15) is 31.9 Å². The maximum atomic E-state index is 5.77. The van der Waals surface area contributed by atoms with E-state index in [0.29, 0.717) is 6.10 Å². The molecule has 0 aromatic carbocycles. The molecule has 7 heteroatoms. The summed E-state index contributed by atoms with van der Waals surface area (Å²) in [7, 11) is 0. The Morgan fingerprint density at radius 2 is 2.07 bits per heavy atom. The average molecular weight is 371 g/mol. The first kappa shape index (κ1) is 18.4. The fourth-order valence-electron chi connectivity index (χ4n) is 3.99. The fraction of sp³-hybridized carbons (Fsp3) is 0.650. The summed E-state index contributed by atoms with van der Waals surface area (Å²) in [6.45, 7) is 11.2. The molecule has 2 aliphatic heterocycles. The number of anilines is 1. The molecule has 0 spiro atoms. The van der Waals surface area contributed by atoms with Crippen LogP contribution in [0.3, 0.4) is 0 Å². The Hall–Kier alpha value is -1.99. The molecular formula is C20H30N6O. The molecule has 0 amide bonds. The third-order valence-corrected chi connectivity index (χ3v) is 5.60. The van der Waals surface area contributed by atoms with Crippen LogP contribution >= 0.6 is 0 Å². The smallest absolute Gasteiger partial charge is 0.225 e. The van der Waals surface area contributed by atoms with E-state index in [9.17, 15) is 0 Å². The van der Waals surface area contributed by atoms with Gasteiger partial charge in [0.2, 0.25) is 5.95 Å². The van der Waals surface area contributed by atoms with Crippen LogP contribution in [0.15, 0.2) is 18.5 Å². The first-order valence-electron chi connectivity index (χ1n) is 10.2. The molecular weight excluding hydrogens is 340 g/mol. The molecule has 2 aromatic heterocycles. The zero-order valence-corrected chi connectivity index (χ0v) is 16.5. The van der Waals surface area contributed by atoms with Crippen molar-refractivity contribution in [1.82, 2.24) is 24.6 Å². The van der Waals surface area contributed by atoms with Crippen molar-refractivity contribution in [3.8, 4) is 11.3 Å². The van der Waals surface area contributed by atoms with Crippen molar-refractivity contribution in [1.29, 1.82) is 0 Å². The monoisotopic (exact) mass is 370 g/mol. The summed E-state index contributed by atoms with van der Waals surface area (Å²) in [5.74, 6) is 0.826. The van der Waals surface area contributed by atoms with E-state index in [1.807, 2.05) is 18.5 Å². The Morgan fingerprint density at radius 3 is 2.81 bits per heavy atom. The first-order valence-corrected chi connectivity index (χ1v) is 10.2. The van der Waals surface area contributed by atoms with Gasteiger partial charge in [0.1, 0.15) is 0 Å². The summed E-state index contributed by atoms with van der Waals surface area (Å²) >= 11 is 0. The van der Waals surface area contributed by atoms with Gasteiger partial charge in [-0.25, -0.2) is 9.97 Å². The maximum absolute atomic E-state index is 5.77. The van der Waals surface area contributed by atoms with Crippen molar-refractivity contribution in [3.05, 3.63) is 24.2 Å². The molecule has 4 rings (SSSR count). The molecule has 27 heavy (non-hydrogen) atoms. The molecule has 0 saturated carbocycles. The average Bonchev–Trinajstić information content (AvgIpc) is 3.33. The molecule has 2 aliphatic rings. The van der Waals surface area contributed by atoms with Gasteiger partial charge in [-0.15, -0.1) is 0 Å². The SMILES string of the molecule is CCCn1ncc(-c2ccnc(N3CCN(C[C@@H]4CCCO4)CC3)n2)c1C. The number of ether oxygens (including phenoxy) is 1. The highest BCUT2D eigenvalue weighted by atomic mass is 16.5. The number of hydrogen-bond acceptors (Lipinski definition) is 6. The highest BCUT2D eigenvalue weighted by Crippen LogP contribution is 2.23. The van der Waals surface area contributed by atoms with Gasteiger partial charge in [0.25, 0.3) is 0 Å². The van der Waals surface area contributed by atoms with Crippen LogP contribution in [0.5, 0.6) is 0 Å². The van der Waals surface area contributed by atoms with Gasteiger partial charge in [-0.3, -0.25) is 9.58 Å². The topological polar surface area (TPSA) is 59.3 Å². The lowest BCUT2D eigenvalue weighted by Gasteiger charge is -2.35. The predicted molar refractivity (Wildman–Crippen MR) is 106 cm³/mol. The molecule has 0 bridgehead atoms. The van der Waals surface area contributed by atoms with Crippen molar-refractivity contribution in [2.45, 2.75) is 45.8 Å². The van der Waals surface area contributed by atoms with Crippen LogP contribution in [-0.4, -0.2) is 70.1 Å². The molecule has 2 aromatic rings. The molecule has 2 saturated heterocycles. The van der Waals surface area contributed by atoms with Gasteiger partial charge in [0, 0.05) is 63.3 Å². The Morgan fingerprint density at radius 1 is 1.22 bits per heavy atom. The quantitative estimate of drug-likeness (QED) is 0.778. The zero-order chi connectivity index (χ0) is 18.6. The second-order valence-electron chi connectivity index (χ2n) is 7.53. The number of aryl methyl sites for hydroxylation is 1. The summed E-state index contributed by atoms with van der Waals surface area (Å²) in [6.07, 6.45) is 7.71. The van der Waals surface area contributed by atoms with Crippen LogP contribution in [0.4, 0.5) is 5.95 Å². The van der Waals surface area contributed by atoms with Crippen LogP contribution in [0.2, 0.25) is 0 Å². The molecule has 0 unspecified atom stereocenters. The summed E-state index contributed by atoms with van der Waals surface area (Å²) in [5, 5.41) is 4.51. The number of aromatic nitrogens is 4. The van der Waals surface area contributed by atoms with Gasteiger partial charge in [-0.1, -0.05) is 6.92 Å². The van der Waals surface area contributed by atoms with Gasteiger partial charge in [-0.2, -0.15) is 5.10 Å². The van der Waals surface area contributed by atoms with E-state index < -0.39 is 0 Å². The molecule has 0 radical (unpaired) electrons. The maximum Gasteiger partial charge on any atom is 0.225 e. The van der Waals surface area contributed by atoms with Crippen molar-refractivity contribution >= 4 is 5.95 Å². The summed E-state index contributed by atoms with van der Waals surface area (Å²) < 4.78 is 7.83. The number of rotatable bonds is 6. The normalized spacial score (nSPS) is 21.1. The Balaban J connectivity index is 1.41. The van der Waals surface area contributed by atoms with Crippen LogP contribution in [0, 0.1) is 6.92 Å². The third kappa shape index (κ3) is 4.14. The van der Waals surface area contributed by atoms with Crippen LogP contribution in [0.25, 0.3) is 11.3 Å². The van der Waals surface area contributed by atoms with E-state index in [-0.39, 0.29) is 0 Å². The first-order chi connectivity index (χ1) is 13.2. The minimum Gasteiger partial charge on any atom is -0.377 e. The summed E-state index contributed by atoms with van der Waals surface area (Å²) in [4.78, 5) is 14.2. The Labute approximate surface area is 161 Å². The Kier molecular flexibility index (Phi) is 5.69. The highest BCUT2D eigenvalue weighted by molar-refractivity contribution is 5.62. The molecule has 1 atom stereocenters. The summed E-state index contributed by atoms with van der Waals surface area (Å²) in [6, 6.07) is 1.98. The lowest BCUT2D eigenvalue weighted by molar-refractivity contribution is 0.0712. The van der Waals surface area contributed by atoms with Crippen molar-refractivity contribution < 1.29 is 4.74 Å². The standard InChI is InChI=1S/C20H30N6O/c1-3-8-26-16(2)18(14-22-26)19-6-7-21-20(23-19)25-11-9-24(10-12-25)15-17-5-4-13-27-17/h6-7,14,17H,3-5,8-13,15H2,1-2H3/t17-/m0/s1. The number of hydrogen-bond donors (Lipinski definition) is 0. The van der Waals surface area contributed by atoms with Gasteiger partial charge in [-0.05, 0) is 32.3 Å². The van der Waals surface area contributed by atoms with E-state index in [4.69, 9.17) is 9.72 Å². The van der Waals surface area contributed by atoms with Crippen molar-refractivity contribution in [2.75, 3.05) is 44.2 Å². The van der Waals surface area contributed by atoms with Gasteiger partial charge >= 0.3 is 0 Å². The van der Waals surface area contributed by atoms with E-state index in [2.05, 4.69) is 38.4 Å². The molecule has 0 aliphatic carbocycles. The van der Waals surface area contributed by atoms with Gasteiger partial charge < -0.3 is 9.64 Å². The van der Waals surface area contributed by atoms with Crippen molar-refractivity contribution in [2.24, 2.45) is 0 Å². The summed E-state index contributed by atoms with van der Waals surface area (Å²) in [5.41, 5.74) is 3.23. The third-order valence-electron chi connectivity index (χ3n) is 5.60. The zero-order valence-electron chi connectivity index (χ0n) is 16.5. The van der Waals surface area contributed by atoms with Crippen LogP contribution < -0.4 is 4.90 Å². The lowest BCUT2D eigenvalue weighted by atomic mass is 10.2. The Bertz CT molecular complexity index is 747. The molecule has 146 valence electrons. The minimum absolute atomic E-state index is 0.429. The number of piperazine rings is 1.